The Kier molecular flexibility index (Phi) is 6.39. The van der Waals surface area contributed by atoms with Crippen LogP contribution in [0, 0.1) is 5.82 Å². The molecule has 1 N–H and O–H groups in total. The van der Waals surface area contributed by atoms with Crippen LogP contribution in [0.5, 0.6) is 0 Å². The third-order valence-electron chi connectivity index (χ3n) is 5.25. The minimum absolute atomic E-state index is 0.106. The van der Waals surface area contributed by atoms with Crippen LogP contribution in [0.2, 0.25) is 0 Å². The molecule has 3 rings (SSSR count). The largest absolute Gasteiger partial charge is 0.507 e. The summed E-state index contributed by atoms with van der Waals surface area (Å²) in [6.45, 7) is 6.40. The molecule has 1 atom stereocenters. The zero-order chi connectivity index (χ0) is 21.0. The van der Waals surface area contributed by atoms with E-state index in [0.717, 1.165) is 13.1 Å². The zero-order valence-electron chi connectivity index (χ0n) is 16.5. The number of benzene rings is 1. The second kappa shape index (κ2) is 8.96. The standard InChI is InChI=1S/C22H24FN3O3/c1-3-25(4-2)13-14-26-19(16-7-5-6-8-17(16)23)18(21(28)22(26)29)20(27)15-9-11-24-12-10-15/h5-12,19,27H,3-4,13-14H2,1-2H3. The lowest BCUT2D eigenvalue weighted by atomic mass is 9.95. The number of likely N-dealkylation sites (tertiary alicyclic amines) is 1. The Labute approximate surface area is 169 Å². The number of carbonyl (C=O) groups excluding carboxylic acids is 2. The molecule has 1 fully saturated rings. The van der Waals surface area contributed by atoms with E-state index in [4.69, 9.17) is 0 Å². The third-order valence-corrected chi connectivity index (χ3v) is 5.25. The Bertz CT molecular complexity index is 926. The fraction of sp³-hybridized carbons (Fsp3) is 0.318. The molecule has 1 saturated heterocycles. The van der Waals surface area contributed by atoms with Crippen molar-refractivity contribution in [3.8, 4) is 0 Å². The van der Waals surface area contributed by atoms with Gasteiger partial charge >= 0.3 is 0 Å². The number of pyridine rings is 1. The number of hydrogen-bond donors (Lipinski definition) is 1. The predicted molar refractivity (Wildman–Crippen MR) is 107 cm³/mol. The van der Waals surface area contributed by atoms with E-state index >= 15 is 0 Å². The van der Waals surface area contributed by atoms with E-state index in [2.05, 4.69) is 9.88 Å². The number of halogens is 1. The predicted octanol–water partition coefficient (Wildman–Crippen LogP) is 2.98. The van der Waals surface area contributed by atoms with E-state index in [9.17, 15) is 19.1 Å². The zero-order valence-corrected chi connectivity index (χ0v) is 16.5. The topological polar surface area (TPSA) is 73.7 Å². The summed E-state index contributed by atoms with van der Waals surface area (Å²) in [5.41, 5.74) is 0.427. The van der Waals surface area contributed by atoms with Gasteiger partial charge in [-0.3, -0.25) is 14.6 Å². The first-order valence-electron chi connectivity index (χ1n) is 9.65. The number of aliphatic hydroxyl groups is 1. The Hall–Kier alpha value is -3.06. The second-order valence-electron chi connectivity index (χ2n) is 6.78. The van der Waals surface area contributed by atoms with E-state index in [-0.39, 0.29) is 23.4 Å². The molecule has 7 heteroatoms. The van der Waals surface area contributed by atoms with E-state index in [1.165, 1.54) is 41.6 Å². The van der Waals surface area contributed by atoms with Crippen LogP contribution in [-0.2, 0) is 9.59 Å². The minimum atomic E-state index is -0.986. The molecule has 0 spiro atoms. The van der Waals surface area contributed by atoms with Gasteiger partial charge in [0.25, 0.3) is 11.7 Å². The van der Waals surface area contributed by atoms with Crippen molar-refractivity contribution >= 4 is 17.4 Å². The van der Waals surface area contributed by atoms with Crippen molar-refractivity contribution < 1.29 is 19.1 Å². The summed E-state index contributed by atoms with van der Waals surface area (Å²) in [5.74, 6) is -2.41. The fourth-order valence-corrected chi connectivity index (χ4v) is 3.59. The average Bonchev–Trinajstić information content (AvgIpc) is 2.99. The summed E-state index contributed by atoms with van der Waals surface area (Å²) in [4.78, 5) is 33.0. The van der Waals surface area contributed by atoms with Gasteiger partial charge in [-0.05, 0) is 31.3 Å². The van der Waals surface area contributed by atoms with Crippen molar-refractivity contribution in [2.24, 2.45) is 0 Å². The molecule has 2 aromatic rings. The molecule has 1 aromatic heterocycles. The first kappa shape index (κ1) is 20.7. The number of aromatic nitrogens is 1. The first-order valence-corrected chi connectivity index (χ1v) is 9.65. The quantitative estimate of drug-likeness (QED) is 0.442. The summed E-state index contributed by atoms with van der Waals surface area (Å²) in [5, 5.41) is 10.8. The highest BCUT2D eigenvalue weighted by atomic mass is 19.1. The monoisotopic (exact) mass is 397 g/mol. The second-order valence-corrected chi connectivity index (χ2v) is 6.78. The Morgan fingerprint density at radius 3 is 2.41 bits per heavy atom. The highest BCUT2D eigenvalue weighted by molar-refractivity contribution is 6.46. The van der Waals surface area contributed by atoms with Gasteiger partial charge in [0.1, 0.15) is 11.6 Å². The van der Waals surface area contributed by atoms with Crippen LogP contribution >= 0.6 is 0 Å². The van der Waals surface area contributed by atoms with Crippen LogP contribution in [0.25, 0.3) is 5.76 Å². The maximum atomic E-state index is 14.7. The average molecular weight is 397 g/mol. The van der Waals surface area contributed by atoms with Gasteiger partial charge in [0.15, 0.2) is 0 Å². The molecule has 1 aromatic carbocycles. The van der Waals surface area contributed by atoms with Crippen LogP contribution in [0.4, 0.5) is 4.39 Å². The molecule has 1 amide bonds. The molecule has 29 heavy (non-hydrogen) atoms. The number of rotatable bonds is 7. The molecule has 1 aliphatic heterocycles. The van der Waals surface area contributed by atoms with E-state index < -0.39 is 23.5 Å². The van der Waals surface area contributed by atoms with Gasteiger partial charge in [0.05, 0.1) is 11.6 Å². The molecule has 0 radical (unpaired) electrons. The maximum absolute atomic E-state index is 14.7. The number of amides is 1. The van der Waals surface area contributed by atoms with Gasteiger partial charge in [0, 0.05) is 36.6 Å². The maximum Gasteiger partial charge on any atom is 0.295 e. The molecular weight excluding hydrogens is 373 g/mol. The lowest BCUT2D eigenvalue weighted by Gasteiger charge is -2.28. The number of ketones is 1. The number of aliphatic hydroxyl groups excluding tert-OH is 1. The number of Topliss-reactive ketones (excluding diaryl/α,β-unsaturated/α-hetero) is 1. The molecular formula is C22H24FN3O3. The lowest BCUT2D eigenvalue weighted by Crippen LogP contribution is -2.38. The van der Waals surface area contributed by atoms with Crippen LogP contribution in [0.3, 0.4) is 0 Å². The van der Waals surface area contributed by atoms with Gasteiger partial charge in [-0.2, -0.15) is 0 Å². The summed E-state index contributed by atoms with van der Waals surface area (Å²) >= 11 is 0. The molecule has 0 saturated carbocycles. The molecule has 6 nitrogen and oxygen atoms in total. The summed E-state index contributed by atoms with van der Waals surface area (Å²) in [6, 6.07) is 8.11. The van der Waals surface area contributed by atoms with Crippen molar-refractivity contribution in [2.45, 2.75) is 19.9 Å². The summed E-state index contributed by atoms with van der Waals surface area (Å²) < 4.78 is 14.7. The SMILES string of the molecule is CCN(CC)CCN1C(=O)C(=O)C(=C(O)c2ccncc2)C1c1ccccc1F. The molecule has 2 heterocycles. The number of likely N-dealkylation sites (N-methyl/N-ethyl adjacent to an activating group) is 1. The Morgan fingerprint density at radius 2 is 1.79 bits per heavy atom. The van der Waals surface area contributed by atoms with Crippen molar-refractivity contribution in [3.63, 3.8) is 0 Å². The highest BCUT2D eigenvalue weighted by Crippen LogP contribution is 2.40. The minimum Gasteiger partial charge on any atom is -0.507 e. The van der Waals surface area contributed by atoms with Crippen LogP contribution < -0.4 is 0 Å². The third kappa shape index (κ3) is 4.05. The smallest absolute Gasteiger partial charge is 0.295 e. The number of nitrogens with zero attached hydrogens (tertiary/aromatic N) is 3. The Balaban J connectivity index is 2.11. The van der Waals surface area contributed by atoms with Crippen LogP contribution in [0.15, 0.2) is 54.4 Å². The van der Waals surface area contributed by atoms with Gasteiger partial charge < -0.3 is 14.9 Å². The van der Waals surface area contributed by atoms with Gasteiger partial charge in [0.2, 0.25) is 0 Å². The van der Waals surface area contributed by atoms with E-state index in [1.54, 1.807) is 12.1 Å². The first-order chi connectivity index (χ1) is 14.0. The van der Waals surface area contributed by atoms with Crippen LogP contribution in [-0.4, -0.2) is 57.8 Å². The molecule has 1 unspecified atom stereocenters. The van der Waals surface area contributed by atoms with Crippen molar-refractivity contribution in [1.82, 2.24) is 14.8 Å². The van der Waals surface area contributed by atoms with Crippen LogP contribution in [0.1, 0.15) is 31.0 Å². The van der Waals surface area contributed by atoms with Gasteiger partial charge in [-0.15, -0.1) is 0 Å². The van der Waals surface area contributed by atoms with Gasteiger partial charge in [-0.1, -0.05) is 32.0 Å². The summed E-state index contributed by atoms with van der Waals surface area (Å²) in [7, 11) is 0. The van der Waals surface area contributed by atoms with Crippen molar-refractivity contribution in [2.75, 3.05) is 26.2 Å². The van der Waals surface area contributed by atoms with E-state index in [0.29, 0.717) is 12.1 Å². The van der Waals surface area contributed by atoms with Crippen molar-refractivity contribution in [1.29, 1.82) is 0 Å². The normalized spacial score (nSPS) is 18.6. The van der Waals surface area contributed by atoms with Gasteiger partial charge in [-0.25, -0.2) is 4.39 Å². The fourth-order valence-electron chi connectivity index (χ4n) is 3.59. The Morgan fingerprint density at radius 1 is 1.14 bits per heavy atom. The molecule has 0 bridgehead atoms. The highest BCUT2D eigenvalue weighted by Gasteiger charge is 2.46. The molecule has 0 aliphatic carbocycles. The lowest BCUT2D eigenvalue weighted by molar-refractivity contribution is -0.140. The number of hydrogen-bond acceptors (Lipinski definition) is 5. The molecule has 1 aliphatic rings. The van der Waals surface area contributed by atoms with E-state index in [1.807, 2.05) is 13.8 Å². The van der Waals surface area contributed by atoms with Crippen molar-refractivity contribution in [3.05, 3.63) is 71.3 Å². The molecule has 152 valence electrons. The summed E-state index contributed by atoms with van der Waals surface area (Å²) in [6.07, 6.45) is 2.95. The number of carbonyl (C=O) groups is 2.